The third-order valence-corrected chi connectivity index (χ3v) is 5.04. The lowest BCUT2D eigenvalue weighted by molar-refractivity contribution is -0.168. The highest BCUT2D eigenvalue weighted by atomic mass is 35.5. The molecule has 0 aromatic heterocycles. The van der Waals surface area contributed by atoms with E-state index in [4.69, 9.17) is 5.73 Å². The highest BCUT2D eigenvalue weighted by molar-refractivity contribution is 5.85. The Labute approximate surface area is 98.0 Å². The molecule has 4 saturated carbocycles. The molecule has 4 fully saturated rings. The summed E-state index contributed by atoms with van der Waals surface area (Å²) in [5.41, 5.74) is 6.09. The summed E-state index contributed by atoms with van der Waals surface area (Å²) in [7, 11) is 0. The molecule has 2 nitrogen and oxygen atoms in total. The van der Waals surface area contributed by atoms with Gasteiger partial charge in [-0.3, -0.25) is 0 Å². The van der Waals surface area contributed by atoms with Gasteiger partial charge >= 0.3 is 0 Å². The summed E-state index contributed by atoms with van der Waals surface area (Å²) in [6, 6.07) is 0.264. The number of hydrogen-bond donors (Lipinski definition) is 2. The molecule has 4 rings (SSSR count). The minimum absolute atomic E-state index is 0. The molecule has 0 aliphatic heterocycles. The van der Waals surface area contributed by atoms with Gasteiger partial charge < -0.3 is 10.8 Å². The van der Waals surface area contributed by atoms with E-state index >= 15 is 0 Å². The quantitative estimate of drug-likeness (QED) is 0.726. The van der Waals surface area contributed by atoms with Gasteiger partial charge in [0.15, 0.2) is 0 Å². The fourth-order valence-corrected chi connectivity index (χ4v) is 4.82. The summed E-state index contributed by atoms with van der Waals surface area (Å²) in [6.45, 7) is 2.14. The van der Waals surface area contributed by atoms with Crippen molar-refractivity contribution in [3.8, 4) is 0 Å². The van der Waals surface area contributed by atoms with E-state index in [0.29, 0.717) is 5.41 Å². The maximum atomic E-state index is 10.5. The average molecular weight is 232 g/mol. The van der Waals surface area contributed by atoms with Crippen molar-refractivity contribution in [3.63, 3.8) is 0 Å². The summed E-state index contributed by atoms with van der Waals surface area (Å²) in [4.78, 5) is 0. The van der Waals surface area contributed by atoms with E-state index in [0.717, 1.165) is 31.1 Å². The molecule has 4 bridgehead atoms. The van der Waals surface area contributed by atoms with Gasteiger partial charge in [0.1, 0.15) is 0 Å². The maximum absolute atomic E-state index is 10.5. The summed E-state index contributed by atoms with van der Waals surface area (Å²) in [5.74, 6) is 1.54. The zero-order valence-electron chi connectivity index (χ0n) is 9.41. The first kappa shape index (κ1) is 11.7. The van der Waals surface area contributed by atoms with Crippen molar-refractivity contribution in [1.29, 1.82) is 0 Å². The highest BCUT2D eigenvalue weighted by Gasteiger charge is 2.58. The van der Waals surface area contributed by atoms with Crippen LogP contribution in [0, 0.1) is 17.3 Å². The van der Waals surface area contributed by atoms with Gasteiger partial charge in [0, 0.05) is 6.04 Å². The first-order valence-corrected chi connectivity index (χ1v) is 5.99. The Morgan fingerprint density at radius 3 is 2.13 bits per heavy atom. The number of hydrogen-bond acceptors (Lipinski definition) is 2. The van der Waals surface area contributed by atoms with Crippen LogP contribution in [0.3, 0.4) is 0 Å². The Balaban J connectivity index is 0.000000853. The summed E-state index contributed by atoms with van der Waals surface area (Å²) >= 11 is 0. The zero-order valence-corrected chi connectivity index (χ0v) is 10.2. The first-order chi connectivity index (χ1) is 6.51. The zero-order chi connectivity index (χ0) is 9.97. The van der Waals surface area contributed by atoms with Crippen molar-refractivity contribution < 1.29 is 5.11 Å². The minimum Gasteiger partial charge on any atom is -0.390 e. The van der Waals surface area contributed by atoms with E-state index in [-0.39, 0.29) is 24.0 Å². The van der Waals surface area contributed by atoms with E-state index in [2.05, 4.69) is 6.92 Å². The van der Waals surface area contributed by atoms with E-state index < -0.39 is 0 Å². The molecule has 0 radical (unpaired) electrons. The van der Waals surface area contributed by atoms with Crippen molar-refractivity contribution in [2.45, 2.75) is 57.1 Å². The number of nitrogens with two attached hydrogens (primary N) is 1. The molecule has 4 aliphatic carbocycles. The van der Waals surface area contributed by atoms with E-state index in [1.165, 1.54) is 19.3 Å². The van der Waals surface area contributed by atoms with Crippen LogP contribution in [0.4, 0.5) is 0 Å². The molecule has 88 valence electrons. The molecule has 15 heavy (non-hydrogen) atoms. The van der Waals surface area contributed by atoms with Gasteiger partial charge in [0.2, 0.25) is 0 Å². The molecule has 0 aromatic carbocycles. The van der Waals surface area contributed by atoms with Gasteiger partial charge in [-0.1, -0.05) is 0 Å². The van der Waals surface area contributed by atoms with Crippen molar-refractivity contribution in [3.05, 3.63) is 0 Å². The topological polar surface area (TPSA) is 46.2 Å². The summed E-state index contributed by atoms with van der Waals surface area (Å²) in [5, 5.41) is 10.5. The number of halogens is 1. The van der Waals surface area contributed by atoms with E-state index in [1.807, 2.05) is 0 Å². The van der Waals surface area contributed by atoms with Crippen molar-refractivity contribution in [1.82, 2.24) is 0 Å². The second-order valence-electron chi connectivity index (χ2n) is 6.34. The van der Waals surface area contributed by atoms with Gasteiger partial charge in [-0.05, 0) is 62.7 Å². The van der Waals surface area contributed by atoms with Crippen LogP contribution in [0.5, 0.6) is 0 Å². The highest BCUT2D eigenvalue weighted by Crippen LogP contribution is 2.62. The molecule has 3 heteroatoms. The van der Waals surface area contributed by atoms with Crippen molar-refractivity contribution in [2.24, 2.45) is 23.0 Å². The van der Waals surface area contributed by atoms with Gasteiger partial charge in [-0.2, -0.15) is 0 Å². The van der Waals surface area contributed by atoms with Crippen LogP contribution in [0.15, 0.2) is 0 Å². The predicted molar refractivity (Wildman–Crippen MR) is 63.0 cm³/mol. The van der Waals surface area contributed by atoms with Crippen molar-refractivity contribution >= 4 is 12.4 Å². The van der Waals surface area contributed by atoms with Crippen LogP contribution < -0.4 is 5.73 Å². The predicted octanol–water partition coefficient (Wildman–Crippen LogP) is 2.09. The second-order valence-corrected chi connectivity index (χ2v) is 6.34. The Hall–Kier alpha value is 0.210. The summed E-state index contributed by atoms with van der Waals surface area (Å²) < 4.78 is 0. The van der Waals surface area contributed by atoms with Crippen LogP contribution in [0.25, 0.3) is 0 Å². The molecule has 1 unspecified atom stereocenters. The fraction of sp³-hybridized carbons (Fsp3) is 1.00. The normalized spacial score (nSPS) is 53.8. The molecule has 5 atom stereocenters. The average Bonchev–Trinajstić information content (AvgIpc) is 1.98. The smallest absolute Gasteiger partial charge is 0.0659 e. The molecule has 0 spiro atoms. The molecular weight excluding hydrogens is 210 g/mol. The lowest BCUT2D eigenvalue weighted by Gasteiger charge is -2.61. The lowest BCUT2D eigenvalue weighted by atomic mass is 9.46. The third kappa shape index (κ3) is 1.62. The van der Waals surface area contributed by atoms with Crippen LogP contribution in [-0.4, -0.2) is 16.7 Å². The molecule has 0 saturated heterocycles. The monoisotopic (exact) mass is 231 g/mol. The molecule has 0 amide bonds. The first-order valence-electron chi connectivity index (χ1n) is 5.99. The van der Waals surface area contributed by atoms with Crippen LogP contribution in [-0.2, 0) is 0 Å². The third-order valence-electron chi connectivity index (χ3n) is 5.04. The standard InChI is InChI=1S/C12H21NO.ClH/c1-8(13)11-3-9-2-10(4-11)6-12(14,5-9)7-11;/h8-10,14H,2-7,13H2,1H3;1H/t8?,9-,10+,11-,12+;. The van der Waals surface area contributed by atoms with Gasteiger partial charge in [0.05, 0.1) is 5.60 Å². The van der Waals surface area contributed by atoms with Crippen LogP contribution >= 0.6 is 12.4 Å². The Morgan fingerprint density at radius 1 is 1.20 bits per heavy atom. The number of rotatable bonds is 1. The molecule has 3 N–H and O–H groups in total. The molecular formula is C12H22ClNO. The minimum atomic E-state index is -0.336. The van der Waals surface area contributed by atoms with Crippen molar-refractivity contribution in [2.75, 3.05) is 0 Å². The van der Waals surface area contributed by atoms with E-state index in [1.54, 1.807) is 0 Å². The summed E-state index contributed by atoms with van der Waals surface area (Å²) in [6.07, 6.45) is 7.00. The Bertz CT molecular complexity index is 252. The Kier molecular flexibility index (Phi) is 2.61. The largest absolute Gasteiger partial charge is 0.390 e. The number of aliphatic hydroxyl groups is 1. The Morgan fingerprint density at radius 2 is 1.73 bits per heavy atom. The van der Waals surface area contributed by atoms with Gasteiger partial charge in [0.25, 0.3) is 0 Å². The SMILES string of the molecule is CC(N)[C@]12C[C@@H]3C[C@@H](C[C@](O)(C3)C1)C2.Cl. The van der Waals surface area contributed by atoms with Gasteiger partial charge in [-0.15, -0.1) is 12.4 Å². The molecule has 0 heterocycles. The maximum Gasteiger partial charge on any atom is 0.0659 e. The fourth-order valence-electron chi connectivity index (χ4n) is 4.82. The van der Waals surface area contributed by atoms with Gasteiger partial charge in [-0.25, -0.2) is 0 Å². The van der Waals surface area contributed by atoms with Crippen LogP contribution in [0.1, 0.15) is 45.4 Å². The lowest BCUT2D eigenvalue weighted by Crippen LogP contribution is -2.60. The van der Waals surface area contributed by atoms with E-state index in [9.17, 15) is 5.11 Å². The second kappa shape index (κ2) is 3.35. The molecule has 4 aliphatic rings. The molecule has 0 aromatic rings. The van der Waals surface area contributed by atoms with Crippen LogP contribution in [0.2, 0.25) is 0 Å².